The van der Waals surface area contributed by atoms with Gasteiger partial charge in [0.25, 0.3) is 0 Å². The second kappa shape index (κ2) is 5.68. The van der Waals surface area contributed by atoms with Crippen molar-refractivity contribution in [3.63, 3.8) is 0 Å². The average molecular weight is 301 g/mol. The largest absolute Gasteiger partial charge is 0.437 e. The number of aliphatic hydroxyl groups is 1. The molecular formula is C16H13ClN2O2. The molecule has 2 heterocycles. The van der Waals surface area contributed by atoms with Crippen LogP contribution in [0.3, 0.4) is 0 Å². The van der Waals surface area contributed by atoms with Gasteiger partial charge in [0, 0.05) is 23.8 Å². The highest BCUT2D eigenvalue weighted by Gasteiger charge is 2.09. The van der Waals surface area contributed by atoms with Crippen molar-refractivity contribution in [1.82, 2.24) is 9.97 Å². The van der Waals surface area contributed by atoms with Crippen molar-refractivity contribution in [3.8, 4) is 11.6 Å². The Labute approximate surface area is 127 Å². The van der Waals surface area contributed by atoms with Gasteiger partial charge >= 0.3 is 0 Å². The van der Waals surface area contributed by atoms with Crippen LogP contribution in [0.2, 0.25) is 5.02 Å². The summed E-state index contributed by atoms with van der Waals surface area (Å²) in [5.74, 6) is 0.980. The zero-order chi connectivity index (χ0) is 14.8. The van der Waals surface area contributed by atoms with E-state index < -0.39 is 6.10 Å². The molecule has 1 N–H and O–H groups in total. The van der Waals surface area contributed by atoms with Crippen molar-refractivity contribution >= 4 is 22.5 Å². The highest BCUT2D eigenvalue weighted by atomic mass is 35.5. The summed E-state index contributed by atoms with van der Waals surface area (Å²) in [5.41, 5.74) is 1.42. The smallest absolute Gasteiger partial charge is 0.219 e. The lowest BCUT2D eigenvalue weighted by molar-refractivity contribution is 0.198. The third-order valence-corrected chi connectivity index (χ3v) is 3.46. The van der Waals surface area contributed by atoms with E-state index in [-0.39, 0.29) is 0 Å². The lowest BCUT2D eigenvalue weighted by atomic mass is 10.2. The summed E-state index contributed by atoms with van der Waals surface area (Å²) in [6, 6.07) is 10.7. The second-order valence-corrected chi connectivity index (χ2v) is 5.06. The number of nitrogens with zero attached hydrogens (tertiary/aromatic N) is 2. The van der Waals surface area contributed by atoms with E-state index in [4.69, 9.17) is 16.3 Å². The van der Waals surface area contributed by atoms with Gasteiger partial charge in [0.05, 0.1) is 11.1 Å². The van der Waals surface area contributed by atoms with E-state index in [0.717, 1.165) is 10.9 Å². The first kappa shape index (κ1) is 13.8. The summed E-state index contributed by atoms with van der Waals surface area (Å²) in [5, 5.41) is 11.1. The molecule has 0 fully saturated rings. The Morgan fingerprint density at radius 2 is 2.00 bits per heavy atom. The number of pyridine rings is 2. The molecule has 0 spiro atoms. The van der Waals surface area contributed by atoms with E-state index >= 15 is 0 Å². The summed E-state index contributed by atoms with van der Waals surface area (Å²) in [6.07, 6.45) is 2.71. The predicted octanol–water partition coefficient (Wildman–Crippen LogP) is 4.13. The van der Waals surface area contributed by atoms with Gasteiger partial charge in [-0.25, -0.2) is 4.98 Å². The number of aliphatic hydroxyl groups excluding tert-OH is 1. The summed E-state index contributed by atoms with van der Waals surface area (Å²) in [6.45, 7) is 1.69. The first-order valence-electron chi connectivity index (χ1n) is 6.50. The summed E-state index contributed by atoms with van der Waals surface area (Å²) < 4.78 is 5.79. The molecule has 3 aromatic rings. The molecule has 0 saturated carbocycles. The Bertz CT molecular complexity index is 790. The Kier molecular flexibility index (Phi) is 3.73. The van der Waals surface area contributed by atoms with Crippen LogP contribution in [0.5, 0.6) is 11.6 Å². The molecule has 2 aromatic heterocycles. The maximum atomic E-state index is 9.61. The molecule has 1 atom stereocenters. The van der Waals surface area contributed by atoms with Crippen molar-refractivity contribution in [3.05, 3.63) is 59.4 Å². The lowest BCUT2D eigenvalue weighted by Crippen LogP contribution is -1.95. The van der Waals surface area contributed by atoms with Crippen LogP contribution >= 0.6 is 11.6 Å². The molecule has 0 unspecified atom stereocenters. The molecule has 0 amide bonds. The highest BCUT2D eigenvalue weighted by Crippen LogP contribution is 2.32. The van der Waals surface area contributed by atoms with Crippen LogP contribution < -0.4 is 4.74 Å². The summed E-state index contributed by atoms with van der Waals surface area (Å²) in [4.78, 5) is 8.46. The Morgan fingerprint density at radius 3 is 2.81 bits per heavy atom. The molecule has 21 heavy (non-hydrogen) atoms. The maximum absolute atomic E-state index is 9.61. The molecule has 0 radical (unpaired) electrons. The number of ether oxygens (including phenoxy) is 1. The van der Waals surface area contributed by atoms with E-state index in [2.05, 4.69) is 9.97 Å². The van der Waals surface area contributed by atoms with Crippen molar-refractivity contribution in [2.45, 2.75) is 13.0 Å². The van der Waals surface area contributed by atoms with Gasteiger partial charge in [-0.2, -0.15) is 0 Å². The van der Waals surface area contributed by atoms with Crippen LogP contribution in [-0.4, -0.2) is 15.1 Å². The fourth-order valence-electron chi connectivity index (χ4n) is 2.05. The van der Waals surface area contributed by atoms with Crippen LogP contribution in [0.1, 0.15) is 18.6 Å². The van der Waals surface area contributed by atoms with Gasteiger partial charge in [0.15, 0.2) is 5.75 Å². The Hall–Kier alpha value is -2.17. The number of halogens is 1. The number of fused-ring (bicyclic) bond motifs is 1. The Morgan fingerprint density at radius 1 is 1.14 bits per heavy atom. The zero-order valence-corrected chi connectivity index (χ0v) is 12.1. The normalized spacial score (nSPS) is 12.3. The van der Waals surface area contributed by atoms with E-state index in [1.165, 1.54) is 0 Å². The average Bonchev–Trinajstić information content (AvgIpc) is 2.51. The molecule has 0 aliphatic carbocycles. The first-order chi connectivity index (χ1) is 10.1. The monoisotopic (exact) mass is 300 g/mol. The molecule has 0 saturated heterocycles. The molecular weight excluding hydrogens is 288 g/mol. The van der Waals surface area contributed by atoms with Gasteiger partial charge < -0.3 is 9.84 Å². The lowest BCUT2D eigenvalue weighted by Gasteiger charge is -2.10. The maximum Gasteiger partial charge on any atom is 0.219 e. The third-order valence-electron chi connectivity index (χ3n) is 3.14. The minimum atomic E-state index is -0.574. The molecule has 0 bridgehead atoms. The number of hydrogen-bond donors (Lipinski definition) is 1. The summed E-state index contributed by atoms with van der Waals surface area (Å²) >= 11 is 6.15. The number of rotatable bonds is 3. The van der Waals surface area contributed by atoms with Crippen LogP contribution in [0.25, 0.3) is 10.9 Å². The van der Waals surface area contributed by atoms with E-state index in [0.29, 0.717) is 22.2 Å². The number of hydrogen-bond acceptors (Lipinski definition) is 4. The van der Waals surface area contributed by atoms with Crippen LogP contribution in [0, 0.1) is 0 Å². The number of benzene rings is 1. The van der Waals surface area contributed by atoms with Crippen LogP contribution in [0.4, 0.5) is 0 Å². The minimum absolute atomic E-state index is 0.405. The molecule has 106 valence electrons. The Balaban J connectivity index is 2.02. The van der Waals surface area contributed by atoms with Gasteiger partial charge in [-0.1, -0.05) is 11.6 Å². The fraction of sp³-hybridized carbons (Fsp3) is 0.125. The van der Waals surface area contributed by atoms with E-state index in [9.17, 15) is 5.11 Å². The van der Waals surface area contributed by atoms with Crippen LogP contribution in [-0.2, 0) is 0 Å². The van der Waals surface area contributed by atoms with Gasteiger partial charge in [-0.3, -0.25) is 4.98 Å². The first-order valence-corrected chi connectivity index (χ1v) is 6.88. The van der Waals surface area contributed by atoms with Crippen molar-refractivity contribution in [1.29, 1.82) is 0 Å². The topological polar surface area (TPSA) is 55.2 Å². The van der Waals surface area contributed by atoms with Gasteiger partial charge in [0.2, 0.25) is 5.88 Å². The van der Waals surface area contributed by atoms with E-state index in [1.54, 1.807) is 43.6 Å². The predicted molar refractivity (Wildman–Crippen MR) is 81.7 cm³/mol. The van der Waals surface area contributed by atoms with Gasteiger partial charge in [-0.15, -0.1) is 0 Å². The molecule has 0 aliphatic rings. The van der Waals surface area contributed by atoms with Crippen molar-refractivity contribution in [2.24, 2.45) is 0 Å². The summed E-state index contributed by atoms with van der Waals surface area (Å²) in [7, 11) is 0. The molecule has 0 aliphatic heterocycles. The second-order valence-electron chi connectivity index (χ2n) is 4.65. The quantitative estimate of drug-likeness (QED) is 0.790. The zero-order valence-electron chi connectivity index (χ0n) is 11.3. The molecule has 3 rings (SSSR count). The molecule has 4 nitrogen and oxygen atoms in total. The third kappa shape index (κ3) is 2.82. The molecule has 1 aromatic carbocycles. The number of aromatic nitrogens is 2. The standard InChI is InChI=1S/C16H13ClN2O2/c1-10(20)11-6-8-18-15(9-11)21-14-5-4-13(17)12-3-2-7-19-16(12)14/h2-10,20H,1H3/t10-/m0/s1. The molecule has 5 heteroatoms. The van der Waals surface area contributed by atoms with Gasteiger partial charge in [-0.05, 0) is 42.8 Å². The highest BCUT2D eigenvalue weighted by molar-refractivity contribution is 6.35. The fourth-order valence-corrected chi connectivity index (χ4v) is 2.26. The van der Waals surface area contributed by atoms with Crippen molar-refractivity contribution in [2.75, 3.05) is 0 Å². The van der Waals surface area contributed by atoms with Gasteiger partial charge in [0.1, 0.15) is 5.52 Å². The minimum Gasteiger partial charge on any atom is -0.437 e. The van der Waals surface area contributed by atoms with Crippen LogP contribution in [0.15, 0.2) is 48.8 Å². The van der Waals surface area contributed by atoms with E-state index in [1.807, 2.05) is 12.1 Å². The SMILES string of the molecule is C[C@H](O)c1ccnc(Oc2ccc(Cl)c3cccnc23)c1. The van der Waals surface area contributed by atoms with Crippen molar-refractivity contribution < 1.29 is 9.84 Å².